The van der Waals surface area contributed by atoms with Crippen molar-refractivity contribution in [3.63, 3.8) is 0 Å². The number of ether oxygens (including phenoxy) is 1. The Labute approximate surface area is 185 Å². The standard InChI is InChI=1S/C23H19ClN2O4S/c24-17-10-12-18(13-11-17)29-15-14-21-26-22(16-6-2-1-3-7-16)23(30-21)19-8-4-5-9-20(19)31(25,27)28/h1-13H,14-15H2,(H2,25,27,28). The van der Waals surface area contributed by atoms with Gasteiger partial charge in [0.05, 0.1) is 17.9 Å². The first-order valence-corrected chi connectivity index (χ1v) is 11.4. The summed E-state index contributed by atoms with van der Waals surface area (Å²) in [4.78, 5) is 4.60. The molecule has 6 nitrogen and oxygen atoms in total. The second-order valence-corrected chi connectivity index (χ2v) is 8.71. The van der Waals surface area contributed by atoms with Gasteiger partial charge in [0.2, 0.25) is 10.0 Å². The van der Waals surface area contributed by atoms with Gasteiger partial charge in [0, 0.05) is 16.1 Å². The van der Waals surface area contributed by atoms with Crippen molar-refractivity contribution in [3.8, 4) is 28.3 Å². The molecule has 2 N–H and O–H groups in total. The molecule has 0 unspecified atom stereocenters. The van der Waals surface area contributed by atoms with Crippen LogP contribution in [-0.4, -0.2) is 20.0 Å². The molecular formula is C23H19ClN2O4S. The molecule has 0 atom stereocenters. The molecule has 0 aliphatic rings. The zero-order valence-electron chi connectivity index (χ0n) is 16.4. The average Bonchev–Trinajstić information content (AvgIpc) is 3.19. The van der Waals surface area contributed by atoms with Crippen LogP contribution >= 0.6 is 11.6 Å². The molecule has 0 amide bonds. The van der Waals surface area contributed by atoms with Gasteiger partial charge in [0.25, 0.3) is 0 Å². The van der Waals surface area contributed by atoms with Gasteiger partial charge < -0.3 is 9.15 Å². The molecule has 31 heavy (non-hydrogen) atoms. The van der Waals surface area contributed by atoms with Gasteiger partial charge in [-0.1, -0.05) is 54.1 Å². The fraction of sp³-hybridized carbons (Fsp3) is 0.0870. The Hall–Kier alpha value is -3.13. The summed E-state index contributed by atoms with van der Waals surface area (Å²) < 4.78 is 36.0. The van der Waals surface area contributed by atoms with E-state index in [1.807, 2.05) is 30.3 Å². The van der Waals surface area contributed by atoms with Crippen molar-refractivity contribution in [3.05, 3.63) is 89.8 Å². The van der Waals surface area contributed by atoms with Crippen LogP contribution in [0.2, 0.25) is 5.02 Å². The molecular weight excluding hydrogens is 436 g/mol. The smallest absolute Gasteiger partial charge is 0.238 e. The number of hydrogen-bond acceptors (Lipinski definition) is 5. The van der Waals surface area contributed by atoms with Crippen molar-refractivity contribution in [1.29, 1.82) is 0 Å². The van der Waals surface area contributed by atoms with E-state index in [4.69, 9.17) is 25.9 Å². The summed E-state index contributed by atoms with van der Waals surface area (Å²) in [5.74, 6) is 1.45. The predicted octanol–water partition coefficient (Wildman–Crippen LogP) is 4.93. The molecule has 0 radical (unpaired) electrons. The maximum absolute atomic E-state index is 12.1. The van der Waals surface area contributed by atoms with E-state index in [0.29, 0.717) is 46.7 Å². The summed E-state index contributed by atoms with van der Waals surface area (Å²) >= 11 is 5.89. The molecule has 3 aromatic carbocycles. The second-order valence-electron chi connectivity index (χ2n) is 6.74. The van der Waals surface area contributed by atoms with Crippen LogP contribution in [0.4, 0.5) is 0 Å². The van der Waals surface area contributed by atoms with Crippen LogP contribution in [0.1, 0.15) is 5.89 Å². The highest BCUT2D eigenvalue weighted by atomic mass is 35.5. The number of oxazole rings is 1. The minimum Gasteiger partial charge on any atom is -0.493 e. The van der Waals surface area contributed by atoms with E-state index in [-0.39, 0.29) is 4.90 Å². The Bertz CT molecular complexity index is 1290. The maximum Gasteiger partial charge on any atom is 0.238 e. The van der Waals surface area contributed by atoms with Crippen molar-refractivity contribution in [2.75, 3.05) is 6.61 Å². The fourth-order valence-corrected chi connectivity index (χ4v) is 4.00. The van der Waals surface area contributed by atoms with Crippen molar-refractivity contribution >= 4 is 21.6 Å². The van der Waals surface area contributed by atoms with Crippen LogP contribution in [0.5, 0.6) is 5.75 Å². The third-order valence-electron chi connectivity index (χ3n) is 4.56. The van der Waals surface area contributed by atoms with E-state index in [2.05, 4.69) is 4.98 Å². The van der Waals surface area contributed by atoms with Gasteiger partial charge in [-0.3, -0.25) is 0 Å². The summed E-state index contributed by atoms with van der Waals surface area (Å²) in [5.41, 5.74) is 1.70. The van der Waals surface area contributed by atoms with Gasteiger partial charge in [-0.2, -0.15) is 0 Å². The van der Waals surface area contributed by atoms with Gasteiger partial charge in [-0.05, 0) is 36.4 Å². The SMILES string of the molecule is NS(=O)(=O)c1ccccc1-c1oc(CCOc2ccc(Cl)cc2)nc1-c1ccccc1. The third-order valence-corrected chi connectivity index (χ3v) is 5.78. The first-order valence-electron chi connectivity index (χ1n) is 9.47. The molecule has 0 aliphatic heterocycles. The zero-order valence-corrected chi connectivity index (χ0v) is 17.9. The van der Waals surface area contributed by atoms with E-state index >= 15 is 0 Å². The third kappa shape index (κ3) is 4.96. The molecule has 0 saturated heterocycles. The minimum atomic E-state index is -3.95. The monoisotopic (exact) mass is 454 g/mol. The number of nitrogens with zero attached hydrogens (tertiary/aromatic N) is 1. The summed E-state index contributed by atoms with van der Waals surface area (Å²) in [6.45, 7) is 0.326. The molecule has 0 saturated carbocycles. The molecule has 8 heteroatoms. The predicted molar refractivity (Wildman–Crippen MR) is 119 cm³/mol. The van der Waals surface area contributed by atoms with E-state index in [1.165, 1.54) is 6.07 Å². The van der Waals surface area contributed by atoms with Gasteiger partial charge in [-0.25, -0.2) is 18.5 Å². The molecule has 0 spiro atoms. The maximum atomic E-state index is 12.1. The van der Waals surface area contributed by atoms with E-state index in [1.54, 1.807) is 42.5 Å². The number of nitrogens with two attached hydrogens (primary N) is 1. The number of halogens is 1. The highest BCUT2D eigenvalue weighted by Crippen LogP contribution is 2.36. The highest BCUT2D eigenvalue weighted by Gasteiger charge is 2.23. The van der Waals surface area contributed by atoms with Crippen molar-refractivity contribution in [1.82, 2.24) is 4.98 Å². The molecule has 158 valence electrons. The van der Waals surface area contributed by atoms with Gasteiger partial charge >= 0.3 is 0 Å². The van der Waals surface area contributed by atoms with Crippen LogP contribution in [0, 0.1) is 0 Å². The quantitative estimate of drug-likeness (QED) is 0.427. The summed E-state index contributed by atoms with van der Waals surface area (Å²) in [7, 11) is -3.95. The van der Waals surface area contributed by atoms with Crippen molar-refractivity contribution in [2.24, 2.45) is 5.14 Å². The van der Waals surface area contributed by atoms with Gasteiger partial charge in [-0.15, -0.1) is 0 Å². The average molecular weight is 455 g/mol. The van der Waals surface area contributed by atoms with E-state index in [0.717, 1.165) is 5.56 Å². The number of primary sulfonamides is 1. The fourth-order valence-electron chi connectivity index (χ4n) is 3.13. The molecule has 1 heterocycles. The lowest BCUT2D eigenvalue weighted by Gasteiger charge is -2.07. The summed E-state index contributed by atoms with van der Waals surface area (Å²) in [5, 5.41) is 6.06. The Balaban J connectivity index is 1.68. The number of hydrogen-bond donors (Lipinski definition) is 1. The summed E-state index contributed by atoms with van der Waals surface area (Å²) in [6.07, 6.45) is 0.389. The van der Waals surface area contributed by atoms with Crippen molar-refractivity contribution < 1.29 is 17.6 Å². The topological polar surface area (TPSA) is 95.4 Å². The zero-order chi connectivity index (χ0) is 21.8. The van der Waals surface area contributed by atoms with E-state index < -0.39 is 10.0 Å². The minimum absolute atomic E-state index is 0.0210. The first kappa shape index (κ1) is 21.1. The number of rotatable bonds is 7. The lowest BCUT2D eigenvalue weighted by molar-refractivity contribution is 0.307. The molecule has 0 bridgehead atoms. The lowest BCUT2D eigenvalue weighted by atomic mass is 10.1. The van der Waals surface area contributed by atoms with Crippen LogP contribution in [0.15, 0.2) is 88.2 Å². The Morgan fingerprint density at radius 2 is 1.61 bits per heavy atom. The highest BCUT2D eigenvalue weighted by molar-refractivity contribution is 7.89. The van der Waals surface area contributed by atoms with Crippen LogP contribution in [0.25, 0.3) is 22.6 Å². The Kier molecular flexibility index (Phi) is 6.08. The molecule has 0 aliphatic carbocycles. The molecule has 4 rings (SSSR count). The molecule has 4 aromatic rings. The number of aromatic nitrogens is 1. The van der Waals surface area contributed by atoms with Gasteiger partial charge in [0.15, 0.2) is 11.7 Å². The van der Waals surface area contributed by atoms with Crippen LogP contribution in [-0.2, 0) is 16.4 Å². The van der Waals surface area contributed by atoms with Crippen LogP contribution < -0.4 is 9.88 Å². The number of benzene rings is 3. The Morgan fingerprint density at radius 1 is 0.935 bits per heavy atom. The van der Waals surface area contributed by atoms with Gasteiger partial charge in [0.1, 0.15) is 11.4 Å². The molecule has 0 fully saturated rings. The van der Waals surface area contributed by atoms with Crippen LogP contribution in [0.3, 0.4) is 0 Å². The first-order chi connectivity index (χ1) is 14.9. The second kappa shape index (κ2) is 8.93. The summed E-state index contributed by atoms with van der Waals surface area (Å²) in [6, 6.07) is 22.9. The lowest BCUT2D eigenvalue weighted by Crippen LogP contribution is -2.13. The number of sulfonamides is 1. The van der Waals surface area contributed by atoms with E-state index in [9.17, 15) is 8.42 Å². The largest absolute Gasteiger partial charge is 0.493 e. The van der Waals surface area contributed by atoms with Crippen molar-refractivity contribution in [2.45, 2.75) is 11.3 Å². The molecule has 1 aromatic heterocycles. The Morgan fingerprint density at radius 3 is 2.32 bits per heavy atom. The normalized spacial score (nSPS) is 11.4.